The topological polar surface area (TPSA) is 131 Å². The van der Waals surface area contributed by atoms with Gasteiger partial charge in [-0.25, -0.2) is 14.4 Å². The summed E-state index contributed by atoms with van der Waals surface area (Å²) in [5, 5.41) is 11.3. The van der Waals surface area contributed by atoms with Crippen LogP contribution in [0.4, 0.5) is 4.79 Å². The Morgan fingerprint density at radius 3 is 2.05 bits per heavy atom. The summed E-state index contributed by atoms with van der Waals surface area (Å²) < 4.78 is 9.69. The lowest BCUT2D eigenvalue weighted by molar-refractivity contribution is 0.0524. The molecule has 0 aliphatic carbocycles. The first-order valence-corrected chi connectivity index (χ1v) is 12.1. The maximum atomic E-state index is 12.0. The van der Waals surface area contributed by atoms with Crippen molar-refractivity contribution >= 4 is 29.5 Å². The molecule has 3 rings (SSSR count). The first-order valence-electron chi connectivity index (χ1n) is 12.1. The monoisotopic (exact) mass is 510 g/mol. The average Bonchev–Trinajstić information content (AvgIpc) is 3.40. The van der Waals surface area contributed by atoms with Crippen LogP contribution in [0.15, 0.2) is 53.5 Å². The van der Waals surface area contributed by atoms with Gasteiger partial charge in [0.15, 0.2) is 5.78 Å². The van der Waals surface area contributed by atoms with Crippen molar-refractivity contribution in [1.29, 1.82) is 0 Å². The second-order valence-electron chi connectivity index (χ2n) is 9.34. The molecule has 37 heavy (non-hydrogen) atoms. The Balaban J connectivity index is 0.000000291. The molecule has 9 nitrogen and oxygen atoms in total. The first kappa shape index (κ1) is 29.2. The fraction of sp³-hybridized carbons (Fsp3) is 0.393. The summed E-state index contributed by atoms with van der Waals surface area (Å²) in [6, 6.07) is 13.2. The maximum absolute atomic E-state index is 12.0. The van der Waals surface area contributed by atoms with E-state index in [0.717, 1.165) is 30.7 Å². The number of carboxylic acids is 1. The third-order valence-corrected chi connectivity index (χ3v) is 5.22. The van der Waals surface area contributed by atoms with Crippen LogP contribution in [0, 0.1) is 0 Å². The van der Waals surface area contributed by atoms with E-state index in [0.29, 0.717) is 36.1 Å². The number of aromatic carboxylic acids is 1. The number of carbonyl (C=O) groups is 4. The average molecular weight is 511 g/mol. The molecule has 2 aromatic rings. The predicted molar refractivity (Wildman–Crippen MR) is 140 cm³/mol. The third-order valence-electron chi connectivity index (χ3n) is 5.22. The van der Waals surface area contributed by atoms with Crippen molar-refractivity contribution in [2.75, 3.05) is 20.2 Å². The molecule has 0 saturated heterocycles. The minimum Gasteiger partial charge on any atom is -0.478 e. The summed E-state index contributed by atoms with van der Waals surface area (Å²) >= 11 is 0. The fourth-order valence-corrected chi connectivity index (χ4v) is 3.39. The molecule has 0 spiro atoms. The largest absolute Gasteiger partial charge is 0.478 e. The van der Waals surface area contributed by atoms with Crippen molar-refractivity contribution in [1.82, 2.24) is 5.32 Å². The van der Waals surface area contributed by atoms with Crippen molar-refractivity contribution in [2.45, 2.75) is 52.1 Å². The number of methoxy groups -OCH3 is 1. The van der Waals surface area contributed by atoms with Gasteiger partial charge in [-0.1, -0.05) is 24.3 Å². The van der Waals surface area contributed by atoms with Crippen LogP contribution in [-0.2, 0) is 9.47 Å². The lowest BCUT2D eigenvalue weighted by atomic mass is 10.0. The van der Waals surface area contributed by atoms with E-state index >= 15 is 0 Å². The van der Waals surface area contributed by atoms with E-state index < -0.39 is 23.6 Å². The van der Waals surface area contributed by atoms with Crippen LogP contribution in [0.1, 0.15) is 83.1 Å². The molecule has 0 atom stereocenters. The third kappa shape index (κ3) is 10.2. The van der Waals surface area contributed by atoms with Crippen LogP contribution in [0.25, 0.3) is 0 Å². The van der Waals surface area contributed by atoms with E-state index in [1.54, 1.807) is 57.2 Å². The van der Waals surface area contributed by atoms with Crippen molar-refractivity contribution in [3.8, 4) is 0 Å². The van der Waals surface area contributed by atoms with Crippen LogP contribution in [0.3, 0.4) is 0 Å². The van der Waals surface area contributed by atoms with E-state index in [9.17, 15) is 19.2 Å². The van der Waals surface area contributed by atoms with Gasteiger partial charge in [0.05, 0.1) is 18.2 Å². The molecule has 9 heteroatoms. The minimum atomic E-state index is -0.884. The van der Waals surface area contributed by atoms with Gasteiger partial charge in [-0.05, 0) is 69.9 Å². The van der Waals surface area contributed by atoms with Gasteiger partial charge in [0.1, 0.15) is 5.60 Å². The van der Waals surface area contributed by atoms with Gasteiger partial charge >= 0.3 is 18.0 Å². The number of hydrogen-bond donors (Lipinski definition) is 2. The summed E-state index contributed by atoms with van der Waals surface area (Å²) in [6.45, 7) is 6.62. The SMILES string of the molecule is COC(=O)c1ccc(C(=O)CCCNC(=O)OC(C)(C)C)cc1.O=C(O)c1ccc(C2=NCCC2)cc1. The number of ketones is 1. The molecule has 2 N–H and O–H groups in total. The summed E-state index contributed by atoms with van der Waals surface area (Å²) in [4.78, 5) is 49.7. The number of alkyl carbamates (subject to hydrolysis) is 1. The van der Waals surface area contributed by atoms with Gasteiger partial charge in [-0.2, -0.15) is 0 Å². The molecule has 1 heterocycles. The Morgan fingerprint density at radius 1 is 0.946 bits per heavy atom. The lowest BCUT2D eigenvalue weighted by Gasteiger charge is -2.19. The fourth-order valence-electron chi connectivity index (χ4n) is 3.39. The van der Waals surface area contributed by atoms with Crippen molar-refractivity contribution in [3.05, 3.63) is 70.8 Å². The highest BCUT2D eigenvalue weighted by molar-refractivity contribution is 6.02. The maximum Gasteiger partial charge on any atom is 0.407 e. The Bertz CT molecular complexity index is 1110. The van der Waals surface area contributed by atoms with Gasteiger partial charge in [0.2, 0.25) is 0 Å². The van der Waals surface area contributed by atoms with Crippen molar-refractivity contribution in [2.24, 2.45) is 4.99 Å². The molecule has 1 aliphatic heterocycles. The van der Waals surface area contributed by atoms with Crippen molar-refractivity contribution < 1.29 is 33.8 Å². The Hall–Kier alpha value is -4.01. The Kier molecular flexibility index (Phi) is 11.0. The quantitative estimate of drug-likeness (QED) is 0.292. The molecular weight excluding hydrogens is 476 g/mol. The molecule has 0 unspecified atom stereocenters. The summed E-state index contributed by atoms with van der Waals surface area (Å²) in [5.74, 6) is -1.37. The number of carbonyl (C=O) groups excluding carboxylic acids is 3. The Morgan fingerprint density at radius 2 is 1.54 bits per heavy atom. The summed E-state index contributed by atoms with van der Waals surface area (Å²) in [7, 11) is 1.30. The molecule has 1 aliphatic rings. The number of nitrogens with one attached hydrogen (secondary N) is 1. The molecule has 0 radical (unpaired) electrons. The predicted octanol–water partition coefficient (Wildman–Crippen LogP) is 4.93. The van der Waals surface area contributed by atoms with Crippen LogP contribution < -0.4 is 5.32 Å². The van der Waals surface area contributed by atoms with Crippen LogP contribution in [0.5, 0.6) is 0 Å². The first-order chi connectivity index (χ1) is 17.5. The zero-order chi connectivity index (χ0) is 27.4. The van der Waals surface area contributed by atoms with Gasteiger partial charge in [0, 0.05) is 30.8 Å². The second kappa shape index (κ2) is 13.9. The zero-order valence-electron chi connectivity index (χ0n) is 21.7. The number of benzene rings is 2. The number of aliphatic imine (C=N–C) groups is 1. The van der Waals surface area contributed by atoms with E-state index in [4.69, 9.17) is 9.84 Å². The zero-order valence-corrected chi connectivity index (χ0v) is 21.7. The molecule has 0 saturated carbocycles. The summed E-state index contributed by atoms with van der Waals surface area (Å²) in [5.41, 5.74) is 2.86. The molecule has 0 aromatic heterocycles. The van der Waals surface area contributed by atoms with Crippen LogP contribution in [0.2, 0.25) is 0 Å². The van der Waals surface area contributed by atoms with E-state index in [2.05, 4.69) is 15.0 Å². The van der Waals surface area contributed by atoms with E-state index in [1.165, 1.54) is 7.11 Å². The highest BCUT2D eigenvalue weighted by Crippen LogP contribution is 2.14. The van der Waals surface area contributed by atoms with Gasteiger partial charge in [0.25, 0.3) is 0 Å². The van der Waals surface area contributed by atoms with Crippen LogP contribution in [-0.4, -0.2) is 60.4 Å². The highest BCUT2D eigenvalue weighted by Gasteiger charge is 2.16. The number of Topliss-reactive ketones (excluding diaryl/α,β-unsaturated/α-hetero) is 1. The standard InChI is InChI=1S/C17H23NO5.C11H11NO2/c1-17(2,3)23-16(21)18-11-5-6-14(19)12-7-9-13(10-8-12)15(20)22-4;13-11(14)9-5-3-8(4-6-9)10-2-1-7-12-10/h7-10H,5-6,11H2,1-4H3,(H,18,21);3-6H,1-2,7H2,(H,13,14). The molecule has 0 fully saturated rings. The number of esters is 1. The van der Waals surface area contributed by atoms with Crippen molar-refractivity contribution in [3.63, 3.8) is 0 Å². The number of ether oxygens (including phenoxy) is 2. The minimum absolute atomic E-state index is 0.0487. The van der Waals surface area contributed by atoms with Gasteiger partial charge < -0.3 is 19.9 Å². The highest BCUT2D eigenvalue weighted by atomic mass is 16.6. The Labute approximate surface area is 216 Å². The number of nitrogens with zero attached hydrogens (tertiary/aromatic N) is 1. The second-order valence-corrected chi connectivity index (χ2v) is 9.34. The molecule has 198 valence electrons. The molecule has 2 aromatic carbocycles. The number of rotatable bonds is 8. The molecule has 1 amide bonds. The molecule has 0 bridgehead atoms. The van der Waals surface area contributed by atoms with Gasteiger partial charge in [-0.3, -0.25) is 9.79 Å². The lowest BCUT2D eigenvalue weighted by Crippen LogP contribution is -2.33. The molecular formula is C28H34N2O7. The van der Waals surface area contributed by atoms with E-state index in [-0.39, 0.29) is 5.78 Å². The smallest absolute Gasteiger partial charge is 0.407 e. The number of carboxylic acid groups (broad SMARTS) is 1. The number of hydrogen-bond acceptors (Lipinski definition) is 7. The van der Waals surface area contributed by atoms with Gasteiger partial charge in [-0.15, -0.1) is 0 Å². The number of amides is 1. The normalized spacial score (nSPS) is 12.5. The van der Waals surface area contributed by atoms with Crippen LogP contribution >= 0.6 is 0 Å². The summed E-state index contributed by atoms with van der Waals surface area (Å²) in [6.07, 6.45) is 2.43. The van der Waals surface area contributed by atoms with E-state index in [1.807, 2.05) is 12.1 Å².